The maximum Gasteiger partial charge on any atom is 0.306 e. The molecular formula is C16H16O2S. The van der Waals surface area contributed by atoms with E-state index < -0.39 is 0 Å². The molecule has 2 aromatic rings. The van der Waals surface area contributed by atoms with Crippen LogP contribution in [-0.2, 0) is 9.53 Å². The second kappa shape index (κ2) is 7.00. The predicted molar refractivity (Wildman–Crippen MR) is 78.1 cm³/mol. The molecule has 0 aliphatic rings. The molecule has 0 aliphatic carbocycles. The minimum atomic E-state index is -0.183. The van der Waals surface area contributed by atoms with E-state index in [2.05, 4.69) is 12.1 Å². The van der Waals surface area contributed by atoms with Crippen molar-refractivity contribution in [1.29, 1.82) is 0 Å². The van der Waals surface area contributed by atoms with Crippen molar-refractivity contribution in [2.75, 3.05) is 7.11 Å². The number of ether oxygens (including phenoxy) is 1. The molecule has 0 radical (unpaired) electrons. The number of rotatable bonds is 5. The number of methoxy groups -OCH3 is 1. The van der Waals surface area contributed by atoms with E-state index in [4.69, 9.17) is 4.74 Å². The summed E-state index contributed by atoms with van der Waals surface area (Å²) < 4.78 is 4.79. The Kier molecular flexibility index (Phi) is 5.04. The summed E-state index contributed by atoms with van der Waals surface area (Å²) in [6, 6.07) is 20.2. The first-order chi connectivity index (χ1) is 9.29. The van der Waals surface area contributed by atoms with Crippen molar-refractivity contribution >= 4 is 17.7 Å². The third-order valence-corrected chi connectivity index (χ3v) is 4.04. The van der Waals surface area contributed by atoms with E-state index >= 15 is 0 Å². The molecule has 0 saturated carbocycles. The summed E-state index contributed by atoms with van der Waals surface area (Å²) in [5.41, 5.74) is 1.14. The number of esters is 1. The minimum Gasteiger partial charge on any atom is -0.469 e. The quantitative estimate of drug-likeness (QED) is 0.606. The Morgan fingerprint density at radius 1 is 1.05 bits per heavy atom. The Bertz CT molecular complexity index is 511. The van der Waals surface area contributed by atoms with Crippen LogP contribution >= 0.6 is 11.8 Å². The molecular weight excluding hydrogens is 256 g/mol. The van der Waals surface area contributed by atoms with Gasteiger partial charge in [0.2, 0.25) is 0 Å². The van der Waals surface area contributed by atoms with E-state index in [-0.39, 0.29) is 11.2 Å². The molecule has 2 aromatic carbocycles. The fourth-order valence-electron chi connectivity index (χ4n) is 1.79. The average molecular weight is 272 g/mol. The fourth-order valence-corrected chi connectivity index (χ4v) is 2.95. The van der Waals surface area contributed by atoms with Crippen molar-refractivity contribution in [3.63, 3.8) is 0 Å². The van der Waals surface area contributed by atoms with Crippen LogP contribution in [0.3, 0.4) is 0 Å². The first-order valence-corrected chi connectivity index (χ1v) is 7.01. The molecule has 98 valence electrons. The summed E-state index contributed by atoms with van der Waals surface area (Å²) in [6.07, 6.45) is 0.375. The van der Waals surface area contributed by atoms with Crippen LogP contribution in [0.2, 0.25) is 0 Å². The van der Waals surface area contributed by atoms with E-state index in [9.17, 15) is 4.79 Å². The van der Waals surface area contributed by atoms with Gasteiger partial charge >= 0.3 is 5.97 Å². The van der Waals surface area contributed by atoms with Crippen molar-refractivity contribution < 1.29 is 9.53 Å². The van der Waals surface area contributed by atoms with Crippen LogP contribution in [0.25, 0.3) is 0 Å². The normalized spacial score (nSPS) is 11.8. The number of benzene rings is 2. The molecule has 2 rings (SSSR count). The SMILES string of the molecule is COC(=O)C[C@H](Sc1ccccc1)c1ccccc1. The van der Waals surface area contributed by atoms with Crippen molar-refractivity contribution in [3.8, 4) is 0 Å². The molecule has 0 bridgehead atoms. The molecule has 0 unspecified atom stereocenters. The molecule has 19 heavy (non-hydrogen) atoms. The molecule has 2 nitrogen and oxygen atoms in total. The first-order valence-electron chi connectivity index (χ1n) is 6.13. The summed E-state index contributed by atoms with van der Waals surface area (Å²) in [7, 11) is 1.43. The number of hydrogen-bond donors (Lipinski definition) is 0. The van der Waals surface area contributed by atoms with Gasteiger partial charge in [-0.15, -0.1) is 11.8 Å². The molecule has 0 aromatic heterocycles. The zero-order valence-electron chi connectivity index (χ0n) is 10.8. The molecule has 0 N–H and O–H groups in total. The number of hydrogen-bond acceptors (Lipinski definition) is 3. The summed E-state index contributed by atoms with van der Waals surface area (Å²) in [6.45, 7) is 0. The van der Waals surface area contributed by atoms with Crippen molar-refractivity contribution in [1.82, 2.24) is 0 Å². The molecule has 0 heterocycles. The summed E-state index contributed by atoms with van der Waals surface area (Å²) in [5, 5.41) is 0.0797. The Morgan fingerprint density at radius 3 is 2.21 bits per heavy atom. The van der Waals surface area contributed by atoms with Crippen LogP contribution in [0.4, 0.5) is 0 Å². The van der Waals surface area contributed by atoms with Crippen LogP contribution in [-0.4, -0.2) is 13.1 Å². The van der Waals surface area contributed by atoms with Crippen molar-refractivity contribution in [3.05, 3.63) is 66.2 Å². The standard InChI is InChI=1S/C16H16O2S/c1-18-16(17)12-15(13-8-4-2-5-9-13)19-14-10-6-3-7-11-14/h2-11,15H,12H2,1H3/t15-/m0/s1. The maximum atomic E-state index is 11.6. The van der Waals surface area contributed by atoms with E-state index in [1.807, 2.05) is 48.5 Å². The van der Waals surface area contributed by atoms with Gasteiger partial charge < -0.3 is 4.74 Å². The van der Waals surface area contributed by atoms with Gasteiger partial charge in [0, 0.05) is 10.1 Å². The third-order valence-electron chi connectivity index (χ3n) is 2.77. The van der Waals surface area contributed by atoms with E-state index in [0.717, 1.165) is 10.5 Å². The van der Waals surface area contributed by atoms with Crippen LogP contribution < -0.4 is 0 Å². The minimum absolute atomic E-state index is 0.0797. The molecule has 0 aliphatic heterocycles. The second-order valence-corrected chi connectivity index (χ2v) is 5.39. The monoisotopic (exact) mass is 272 g/mol. The molecule has 0 amide bonds. The van der Waals surface area contributed by atoms with Gasteiger partial charge in [-0.3, -0.25) is 4.79 Å². The molecule has 1 atom stereocenters. The van der Waals surface area contributed by atoms with E-state index in [0.29, 0.717) is 6.42 Å². The Labute approximate surface area is 117 Å². The highest BCUT2D eigenvalue weighted by Crippen LogP contribution is 2.37. The smallest absolute Gasteiger partial charge is 0.306 e. The van der Waals surface area contributed by atoms with Crippen LogP contribution in [0, 0.1) is 0 Å². The Hall–Kier alpha value is -1.74. The zero-order valence-corrected chi connectivity index (χ0v) is 11.6. The zero-order chi connectivity index (χ0) is 13.5. The molecule has 0 fully saturated rings. The molecule has 0 spiro atoms. The highest BCUT2D eigenvalue weighted by atomic mass is 32.2. The van der Waals surface area contributed by atoms with E-state index in [1.165, 1.54) is 7.11 Å². The van der Waals surface area contributed by atoms with Crippen molar-refractivity contribution in [2.24, 2.45) is 0 Å². The van der Waals surface area contributed by atoms with Gasteiger partial charge in [-0.2, -0.15) is 0 Å². The first kappa shape index (κ1) is 13.7. The van der Waals surface area contributed by atoms with Gasteiger partial charge in [0.05, 0.1) is 13.5 Å². The second-order valence-electron chi connectivity index (χ2n) is 4.11. The maximum absolute atomic E-state index is 11.6. The highest BCUT2D eigenvalue weighted by Gasteiger charge is 2.17. The van der Waals surface area contributed by atoms with E-state index in [1.54, 1.807) is 11.8 Å². The lowest BCUT2D eigenvalue weighted by molar-refractivity contribution is -0.140. The van der Waals surface area contributed by atoms with Gasteiger partial charge in [-0.25, -0.2) is 0 Å². The average Bonchev–Trinajstić information content (AvgIpc) is 2.48. The number of carbonyl (C=O) groups excluding carboxylic acids is 1. The summed E-state index contributed by atoms with van der Waals surface area (Å²) in [5.74, 6) is -0.183. The summed E-state index contributed by atoms with van der Waals surface area (Å²) >= 11 is 1.68. The topological polar surface area (TPSA) is 26.3 Å². The van der Waals surface area contributed by atoms with Crippen LogP contribution in [0.5, 0.6) is 0 Å². The Morgan fingerprint density at radius 2 is 1.63 bits per heavy atom. The molecule has 3 heteroatoms. The number of thioether (sulfide) groups is 1. The lowest BCUT2D eigenvalue weighted by Crippen LogP contribution is -2.06. The van der Waals surface area contributed by atoms with Crippen LogP contribution in [0.1, 0.15) is 17.2 Å². The molecule has 0 saturated heterocycles. The predicted octanol–water partition coefficient (Wildman–Crippen LogP) is 4.08. The van der Waals surface area contributed by atoms with Crippen LogP contribution in [0.15, 0.2) is 65.6 Å². The Balaban J connectivity index is 2.17. The largest absolute Gasteiger partial charge is 0.469 e. The van der Waals surface area contributed by atoms with Gasteiger partial charge in [-0.1, -0.05) is 48.5 Å². The fraction of sp³-hybridized carbons (Fsp3) is 0.188. The van der Waals surface area contributed by atoms with Gasteiger partial charge in [-0.05, 0) is 17.7 Å². The number of carbonyl (C=O) groups is 1. The lowest BCUT2D eigenvalue weighted by atomic mass is 10.1. The highest BCUT2D eigenvalue weighted by molar-refractivity contribution is 7.99. The summed E-state index contributed by atoms with van der Waals surface area (Å²) in [4.78, 5) is 12.7. The van der Waals surface area contributed by atoms with Gasteiger partial charge in [0.1, 0.15) is 0 Å². The van der Waals surface area contributed by atoms with Crippen molar-refractivity contribution in [2.45, 2.75) is 16.6 Å². The lowest BCUT2D eigenvalue weighted by Gasteiger charge is -2.15. The third kappa shape index (κ3) is 4.14. The van der Waals surface area contributed by atoms with Gasteiger partial charge in [0.15, 0.2) is 0 Å². The van der Waals surface area contributed by atoms with Gasteiger partial charge in [0.25, 0.3) is 0 Å².